The van der Waals surface area contributed by atoms with Crippen LogP contribution in [0.3, 0.4) is 0 Å². The summed E-state index contributed by atoms with van der Waals surface area (Å²) in [5.74, 6) is 1.38. The molecule has 0 bridgehead atoms. The van der Waals surface area contributed by atoms with Gasteiger partial charge in [-0.15, -0.1) is 0 Å². The molecule has 1 aromatic rings. The maximum Gasteiger partial charge on any atom is 0.123 e. The van der Waals surface area contributed by atoms with Crippen molar-refractivity contribution in [2.75, 3.05) is 26.3 Å². The maximum atomic E-state index is 9.18. The molecule has 0 aliphatic rings. The maximum absolute atomic E-state index is 9.18. The third-order valence-corrected chi connectivity index (χ3v) is 2.36. The molecule has 0 spiro atoms. The molecule has 0 atom stereocenters. The van der Waals surface area contributed by atoms with Crippen molar-refractivity contribution in [1.82, 2.24) is 0 Å². The van der Waals surface area contributed by atoms with E-state index in [1.807, 2.05) is 6.07 Å². The van der Waals surface area contributed by atoms with Gasteiger partial charge in [-0.2, -0.15) is 0 Å². The lowest BCUT2D eigenvalue weighted by Gasteiger charge is -2.11. The number of rotatable bonds is 9. The van der Waals surface area contributed by atoms with Crippen molar-refractivity contribution >= 4 is 0 Å². The summed E-state index contributed by atoms with van der Waals surface area (Å²) in [6.07, 6.45) is 1.60. The zero-order chi connectivity index (χ0) is 13.2. The van der Waals surface area contributed by atoms with Crippen LogP contribution in [0.4, 0.5) is 0 Å². The quantitative estimate of drug-likeness (QED) is 0.562. The number of aliphatic hydroxyl groups excluding tert-OH is 1. The number of benzene rings is 1. The van der Waals surface area contributed by atoms with Crippen molar-refractivity contribution in [2.24, 2.45) is 11.5 Å². The second-order valence-electron chi connectivity index (χ2n) is 3.95. The van der Waals surface area contributed by atoms with Crippen LogP contribution in [0.1, 0.15) is 18.4 Å². The molecule has 0 fully saturated rings. The van der Waals surface area contributed by atoms with Crippen LogP contribution in [0.5, 0.6) is 11.5 Å². The van der Waals surface area contributed by atoms with E-state index in [9.17, 15) is 5.11 Å². The highest BCUT2D eigenvalue weighted by Crippen LogP contribution is 2.23. The van der Waals surface area contributed by atoms with E-state index in [4.69, 9.17) is 20.9 Å². The Kier molecular flexibility index (Phi) is 7.17. The first kappa shape index (κ1) is 14.8. The molecule has 0 radical (unpaired) electrons. The lowest BCUT2D eigenvalue weighted by Crippen LogP contribution is -2.07. The SMILES string of the molecule is NCCCOc1cc(CO)cc(OCCCN)c1. The van der Waals surface area contributed by atoms with Crippen molar-refractivity contribution in [3.63, 3.8) is 0 Å². The zero-order valence-corrected chi connectivity index (χ0v) is 10.6. The van der Waals surface area contributed by atoms with E-state index in [-0.39, 0.29) is 6.61 Å². The van der Waals surface area contributed by atoms with Crippen LogP contribution in [-0.4, -0.2) is 31.4 Å². The van der Waals surface area contributed by atoms with Crippen LogP contribution in [0.25, 0.3) is 0 Å². The molecular weight excluding hydrogens is 232 g/mol. The van der Waals surface area contributed by atoms with E-state index in [0.29, 0.717) is 37.8 Å². The van der Waals surface area contributed by atoms with E-state index in [0.717, 1.165) is 18.4 Å². The molecule has 0 saturated carbocycles. The average Bonchev–Trinajstić information content (AvgIpc) is 2.39. The lowest BCUT2D eigenvalue weighted by atomic mass is 10.2. The van der Waals surface area contributed by atoms with Gasteiger partial charge in [0.25, 0.3) is 0 Å². The van der Waals surface area contributed by atoms with Crippen molar-refractivity contribution in [3.8, 4) is 11.5 Å². The lowest BCUT2D eigenvalue weighted by molar-refractivity contribution is 0.273. The van der Waals surface area contributed by atoms with Gasteiger partial charge in [0, 0.05) is 6.07 Å². The predicted octanol–water partition coefficient (Wildman–Crippen LogP) is 0.634. The van der Waals surface area contributed by atoms with Gasteiger partial charge in [0.1, 0.15) is 11.5 Å². The van der Waals surface area contributed by atoms with E-state index < -0.39 is 0 Å². The predicted molar refractivity (Wildman–Crippen MR) is 70.7 cm³/mol. The van der Waals surface area contributed by atoms with Crippen molar-refractivity contribution in [1.29, 1.82) is 0 Å². The summed E-state index contributed by atoms with van der Waals surface area (Å²) in [5, 5.41) is 9.18. The molecule has 18 heavy (non-hydrogen) atoms. The van der Waals surface area contributed by atoms with Gasteiger partial charge >= 0.3 is 0 Å². The summed E-state index contributed by atoms with van der Waals surface area (Å²) in [6.45, 7) is 2.28. The fourth-order valence-electron chi connectivity index (χ4n) is 1.44. The summed E-state index contributed by atoms with van der Waals surface area (Å²) < 4.78 is 11.1. The Morgan fingerprint density at radius 2 is 1.39 bits per heavy atom. The van der Waals surface area contributed by atoms with Gasteiger partial charge in [0.2, 0.25) is 0 Å². The van der Waals surface area contributed by atoms with Gasteiger partial charge in [-0.3, -0.25) is 0 Å². The van der Waals surface area contributed by atoms with Gasteiger partial charge < -0.3 is 26.0 Å². The first-order valence-electron chi connectivity index (χ1n) is 6.20. The molecule has 0 aromatic heterocycles. The molecule has 5 heteroatoms. The monoisotopic (exact) mass is 254 g/mol. The van der Waals surface area contributed by atoms with Crippen LogP contribution >= 0.6 is 0 Å². The molecule has 1 aromatic carbocycles. The van der Waals surface area contributed by atoms with Gasteiger partial charge in [0.05, 0.1) is 19.8 Å². The number of hydrogen-bond donors (Lipinski definition) is 3. The Bertz CT molecular complexity index is 317. The highest BCUT2D eigenvalue weighted by molar-refractivity contribution is 5.38. The van der Waals surface area contributed by atoms with E-state index >= 15 is 0 Å². The fraction of sp³-hybridized carbons (Fsp3) is 0.538. The topological polar surface area (TPSA) is 90.7 Å². The normalized spacial score (nSPS) is 10.4. The molecule has 0 aliphatic carbocycles. The minimum Gasteiger partial charge on any atom is -0.493 e. The molecule has 0 unspecified atom stereocenters. The van der Waals surface area contributed by atoms with Crippen molar-refractivity contribution in [2.45, 2.75) is 19.4 Å². The van der Waals surface area contributed by atoms with Crippen LogP contribution in [0.2, 0.25) is 0 Å². The van der Waals surface area contributed by atoms with E-state index in [1.54, 1.807) is 12.1 Å². The molecule has 0 heterocycles. The summed E-state index contributed by atoms with van der Waals surface area (Å²) in [6, 6.07) is 5.41. The molecule has 102 valence electrons. The van der Waals surface area contributed by atoms with Crippen molar-refractivity contribution in [3.05, 3.63) is 23.8 Å². The minimum absolute atomic E-state index is 0.0403. The molecular formula is C13H22N2O3. The van der Waals surface area contributed by atoms with Gasteiger partial charge in [-0.1, -0.05) is 0 Å². The number of ether oxygens (including phenoxy) is 2. The van der Waals surface area contributed by atoms with Crippen molar-refractivity contribution < 1.29 is 14.6 Å². The minimum atomic E-state index is -0.0403. The largest absolute Gasteiger partial charge is 0.493 e. The van der Waals surface area contributed by atoms with Crippen LogP contribution in [-0.2, 0) is 6.61 Å². The van der Waals surface area contributed by atoms with E-state index in [1.165, 1.54) is 0 Å². The first-order chi connectivity index (χ1) is 8.80. The van der Waals surface area contributed by atoms with Gasteiger partial charge in [-0.25, -0.2) is 0 Å². The number of aliphatic hydroxyl groups is 1. The summed E-state index contributed by atoms with van der Waals surface area (Å²) in [7, 11) is 0. The van der Waals surface area contributed by atoms with Crippen LogP contribution in [0.15, 0.2) is 18.2 Å². The van der Waals surface area contributed by atoms with Crippen LogP contribution < -0.4 is 20.9 Å². The number of hydrogen-bond acceptors (Lipinski definition) is 5. The Morgan fingerprint density at radius 3 is 1.78 bits per heavy atom. The second-order valence-corrected chi connectivity index (χ2v) is 3.95. The first-order valence-corrected chi connectivity index (χ1v) is 6.20. The molecule has 0 aliphatic heterocycles. The summed E-state index contributed by atoms with van der Waals surface area (Å²) >= 11 is 0. The van der Waals surface area contributed by atoms with E-state index in [2.05, 4.69) is 0 Å². The van der Waals surface area contributed by atoms with Gasteiger partial charge in [-0.05, 0) is 43.6 Å². The molecule has 0 saturated heterocycles. The van der Waals surface area contributed by atoms with Crippen LogP contribution in [0, 0.1) is 0 Å². The summed E-state index contributed by atoms with van der Waals surface area (Å²) in [4.78, 5) is 0. The zero-order valence-electron chi connectivity index (χ0n) is 10.6. The second kappa shape index (κ2) is 8.74. The Labute approximate surface area is 108 Å². The summed E-state index contributed by atoms with van der Waals surface area (Å²) in [5.41, 5.74) is 11.6. The Morgan fingerprint density at radius 1 is 0.889 bits per heavy atom. The number of nitrogens with two attached hydrogens (primary N) is 2. The standard InChI is InChI=1S/C13H22N2O3/c14-3-1-5-17-12-7-11(10-16)8-13(9-12)18-6-2-4-15/h7-9,16H,1-6,10,14-15H2. The molecule has 0 amide bonds. The van der Waals surface area contributed by atoms with Gasteiger partial charge in [0.15, 0.2) is 0 Å². The highest BCUT2D eigenvalue weighted by Gasteiger charge is 2.03. The Hall–Kier alpha value is -1.30. The Balaban J connectivity index is 2.62. The third kappa shape index (κ3) is 5.35. The molecule has 5 N–H and O–H groups in total. The third-order valence-electron chi connectivity index (χ3n) is 2.36. The molecule has 1 rings (SSSR count). The smallest absolute Gasteiger partial charge is 0.123 e. The highest BCUT2D eigenvalue weighted by atomic mass is 16.5. The average molecular weight is 254 g/mol. The fourth-order valence-corrected chi connectivity index (χ4v) is 1.44. The molecule has 5 nitrogen and oxygen atoms in total.